The van der Waals surface area contributed by atoms with Gasteiger partial charge < -0.3 is 9.13 Å². The largest absolute Gasteiger partial charge is 2.00 e. The molecule has 0 spiro atoms. The molecular weight excluding hydrogens is 758 g/mol. The van der Waals surface area contributed by atoms with Crippen molar-refractivity contribution in [3.05, 3.63) is 152 Å². The summed E-state index contributed by atoms with van der Waals surface area (Å²) in [5, 5.41) is 6.98. The molecule has 0 fully saturated rings. The average Bonchev–Trinajstić information content (AvgIpc) is 3.62. The Morgan fingerprint density at radius 3 is 2.11 bits per heavy atom. The number of hydrogen-bond donors (Lipinski definition) is 0. The molecule has 5 nitrogen and oxygen atoms in total. The maximum atomic E-state index is 4.94. The van der Waals surface area contributed by atoms with Crippen molar-refractivity contribution >= 4 is 65.4 Å². The van der Waals surface area contributed by atoms with Gasteiger partial charge >= 0.3 is 21.1 Å². The monoisotopic (exact) mass is 780 g/mol. The molecule has 0 radical (unpaired) electrons. The summed E-state index contributed by atoms with van der Waals surface area (Å²) in [7, 11) is 0. The fourth-order valence-electron chi connectivity index (χ4n) is 6.85. The van der Waals surface area contributed by atoms with Crippen molar-refractivity contribution in [1.82, 2.24) is 24.1 Å². The molecule has 0 aliphatic rings. The molecule has 0 bridgehead atoms. The van der Waals surface area contributed by atoms with Gasteiger partial charge in [-0.25, -0.2) is 4.98 Å². The molecule has 47 heavy (non-hydrogen) atoms. The first-order valence-electron chi connectivity index (χ1n) is 15.3. The van der Waals surface area contributed by atoms with Crippen molar-refractivity contribution in [1.29, 1.82) is 0 Å². The molecule has 6 heteroatoms. The third-order valence-corrected chi connectivity index (χ3v) is 8.96. The fourth-order valence-corrected chi connectivity index (χ4v) is 6.85. The minimum atomic E-state index is 0. The summed E-state index contributed by atoms with van der Waals surface area (Å²) in [4.78, 5) is 14.4. The molecule has 10 aromatic rings. The van der Waals surface area contributed by atoms with Crippen molar-refractivity contribution in [2.24, 2.45) is 0 Å². The van der Waals surface area contributed by atoms with Crippen molar-refractivity contribution in [3.8, 4) is 22.8 Å². The van der Waals surface area contributed by atoms with Gasteiger partial charge in [-0.05, 0) is 63.5 Å². The molecule has 222 valence electrons. The summed E-state index contributed by atoms with van der Waals surface area (Å²) in [6, 6.07) is 51.8. The summed E-state index contributed by atoms with van der Waals surface area (Å²) in [5.74, 6) is 0.860. The van der Waals surface area contributed by atoms with Crippen LogP contribution in [0.2, 0.25) is 0 Å². The third kappa shape index (κ3) is 4.24. The summed E-state index contributed by atoms with van der Waals surface area (Å²) in [6.07, 6.45) is 3.68. The maximum Gasteiger partial charge on any atom is 2.00 e. The minimum absolute atomic E-state index is 0. The SMILES string of the molecule is [Pt+2].[c-]1c(-c2cnc3ccccc3n2)ccc2c3cc4ccccc4cc3n(-c3[c-]c4c(cc3)c3ccccc3n4-c3ccccn3)c12. The Labute approximate surface area is 284 Å². The summed E-state index contributed by atoms with van der Waals surface area (Å²) < 4.78 is 4.49. The number of nitrogens with zero attached hydrogens (tertiary/aromatic N) is 5. The molecule has 10 rings (SSSR count). The van der Waals surface area contributed by atoms with Gasteiger partial charge in [0.05, 0.1) is 11.0 Å². The molecule has 0 saturated heterocycles. The fraction of sp³-hybridized carbons (Fsp3) is 0. The van der Waals surface area contributed by atoms with Gasteiger partial charge in [0.15, 0.2) is 0 Å². The van der Waals surface area contributed by atoms with Gasteiger partial charge in [-0.1, -0.05) is 83.3 Å². The maximum absolute atomic E-state index is 4.94. The predicted molar refractivity (Wildman–Crippen MR) is 187 cm³/mol. The molecular formula is C41H23N5Pt. The van der Waals surface area contributed by atoms with Crippen LogP contribution in [0, 0.1) is 12.1 Å². The zero-order valence-electron chi connectivity index (χ0n) is 24.8. The molecule has 0 aliphatic carbocycles. The van der Waals surface area contributed by atoms with Gasteiger partial charge in [-0.15, -0.1) is 41.3 Å². The van der Waals surface area contributed by atoms with E-state index in [1.54, 1.807) is 0 Å². The Morgan fingerprint density at radius 1 is 0.511 bits per heavy atom. The van der Waals surface area contributed by atoms with Crippen LogP contribution in [0.5, 0.6) is 0 Å². The van der Waals surface area contributed by atoms with E-state index < -0.39 is 0 Å². The zero-order chi connectivity index (χ0) is 30.2. The summed E-state index contributed by atoms with van der Waals surface area (Å²) in [5.41, 5.74) is 8.49. The number of para-hydroxylation sites is 3. The van der Waals surface area contributed by atoms with Crippen molar-refractivity contribution in [3.63, 3.8) is 0 Å². The molecule has 0 N–H and O–H groups in total. The van der Waals surface area contributed by atoms with Gasteiger partial charge in [0.25, 0.3) is 0 Å². The molecule has 0 aliphatic heterocycles. The molecule has 0 unspecified atom stereocenters. The van der Waals surface area contributed by atoms with Crippen LogP contribution in [0.25, 0.3) is 88.2 Å². The van der Waals surface area contributed by atoms with Crippen LogP contribution in [0.4, 0.5) is 0 Å². The second-order valence-electron chi connectivity index (χ2n) is 11.6. The topological polar surface area (TPSA) is 48.5 Å². The number of fused-ring (bicyclic) bond motifs is 8. The van der Waals surface area contributed by atoms with Crippen LogP contribution in [0.3, 0.4) is 0 Å². The Bertz CT molecular complexity index is 2820. The van der Waals surface area contributed by atoms with Crippen LogP contribution >= 0.6 is 0 Å². The Balaban J connectivity index is 0.00000302. The first-order valence-corrected chi connectivity index (χ1v) is 15.3. The van der Waals surface area contributed by atoms with E-state index in [1.807, 2.05) is 54.9 Å². The van der Waals surface area contributed by atoms with E-state index in [9.17, 15) is 0 Å². The minimum Gasteiger partial charge on any atom is -0.352 e. The van der Waals surface area contributed by atoms with Crippen LogP contribution in [0.1, 0.15) is 0 Å². The number of pyridine rings is 1. The average molecular weight is 781 g/mol. The van der Waals surface area contributed by atoms with Crippen LogP contribution < -0.4 is 0 Å². The van der Waals surface area contributed by atoms with E-state index in [0.29, 0.717) is 0 Å². The molecule has 0 atom stereocenters. The molecule has 4 heterocycles. The van der Waals surface area contributed by atoms with Gasteiger partial charge in [0, 0.05) is 29.1 Å². The standard InChI is InChI=1S/C41H23N5.Pt/c1-2-10-27-22-39-33(21-26(27)9-1)32-18-16-28(36-25-43-34-12-4-5-13-35(34)44-36)23-38(32)45(39)29-17-19-31-30-11-3-6-14-37(30)46(40(31)24-29)41-15-7-8-20-42-41;/h1-22,25H;/q-2;+2. The van der Waals surface area contributed by atoms with Gasteiger partial charge in [0.2, 0.25) is 0 Å². The number of aromatic nitrogens is 5. The summed E-state index contributed by atoms with van der Waals surface area (Å²) >= 11 is 0. The summed E-state index contributed by atoms with van der Waals surface area (Å²) in [6.45, 7) is 0. The third-order valence-electron chi connectivity index (χ3n) is 8.96. The molecule has 0 saturated carbocycles. The number of hydrogen-bond acceptors (Lipinski definition) is 3. The Morgan fingerprint density at radius 2 is 1.23 bits per heavy atom. The van der Waals surface area contributed by atoms with E-state index in [1.165, 1.54) is 21.5 Å². The first kappa shape index (κ1) is 27.7. The number of rotatable bonds is 3. The van der Waals surface area contributed by atoms with Crippen molar-refractivity contribution < 1.29 is 21.1 Å². The quantitative estimate of drug-likeness (QED) is 0.168. The number of benzene rings is 6. The van der Waals surface area contributed by atoms with Gasteiger partial charge in [-0.3, -0.25) is 9.97 Å². The van der Waals surface area contributed by atoms with E-state index in [-0.39, 0.29) is 21.1 Å². The normalized spacial score (nSPS) is 11.7. The smallest absolute Gasteiger partial charge is 0.352 e. The first-order chi connectivity index (χ1) is 22.8. The van der Waals surface area contributed by atoms with Crippen LogP contribution in [-0.4, -0.2) is 24.1 Å². The van der Waals surface area contributed by atoms with E-state index in [4.69, 9.17) is 9.97 Å². The molecule has 4 aromatic heterocycles. The molecule has 0 amide bonds. The van der Waals surface area contributed by atoms with E-state index >= 15 is 0 Å². The molecule has 6 aromatic carbocycles. The predicted octanol–water partition coefficient (Wildman–Crippen LogP) is 9.64. The Hall–Kier alpha value is -5.64. The van der Waals surface area contributed by atoms with Crippen molar-refractivity contribution in [2.45, 2.75) is 0 Å². The van der Waals surface area contributed by atoms with Gasteiger partial charge in [-0.2, -0.15) is 6.07 Å². The zero-order valence-corrected chi connectivity index (χ0v) is 27.1. The second kappa shape index (κ2) is 10.7. The van der Waals surface area contributed by atoms with E-state index in [0.717, 1.165) is 66.6 Å². The van der Waals surface area contributed by atoms with Crippen LogP contribution in [0.15, 0.2) is 140 Å². The van der Waals surface area contributed by atoms with Crippen LogP contribution in [-0.2, 0) is 21.1 Å². The Kier molecular flexibility index (Phi) is 6.31. The van der Waals surface area contributed by atoms with Crippen molar-refractivity contribution in [2.75, 3.05) is 0 Å². The second-order valence-corrected chi connectivity index (χ2v) is 11.6. The van der Waals surface area contributed by atoms with Gasteiger partial charge in [0.1, 0.15) is 5.82 Å². The van der Waals surface area contributed by atoms with E-state index in [2.05, 4.69) is 111 Å².